The zero-order chi connectivity index (χ0) is 18.2. The van der Waals surface area contributed by atoms with Gasteiger partial charge in [-0.3, -0.25) is 4.79 Å². The number of halogens is 3. The van der Waals surface area contributed by atoms with E-state index in [-0.39, 0.29) is 5.56 Å². The van der Waals surface area contributed by atoms with E-state index in [4.69, 9.17) is 5.26 Å². The van der Waals surface area contributed by atoms with E-state index < -0.39 is 23.6 Å². The van der Waals surface area contributed by atoms with E-state index in [0.29, 0.717) is 0 Å². The van der Waals surface area contributed by atoms with E-state index in [9.17, 15) is 18.0 Å². The monoisotopic (exact) mass is 335 g/mol. The Morgan fingerprint density at radius 2 is 1.75 bits per heavy atom. The summed E-state index contributed by atoms with van der Waals surface area (Å²) in [5.41, 5.74) is 0.385. The zero-order valence-corrected chi connectivity index (χ0v) is 13.2. The standard InChI is InChI=1S/C11H8F3NO2.C7H8/c1-17-10(16)9(6-15)7-3-2-4-8(5-7)11(12,13)14;1-7-5-3-2-4-6-7/h2-5,9H,1H3;2-6H,1H3. The number of nitrogens with zero attached hydrogens (tertiary/aromatic N) is 1. The molecule has 0 fully saturated rings. The highest BCUT2D eigenvalue weighted by molar-refractivity contribution is 5.81. The number of hydrogen-bond donors (Lipinski definition) is 0. The Hall–Kier alpha value is -2.81. The third kappa shape index (κ3) is 5.76. The van der Waals surface area contributed by atoms with Gasteiger partial charge in [0.1, 0.15) is 0 Å². The molecule has 0 amide bonds. The molecule has 0 heterocycles. The smallest absolute Gasteiger partial charge is 0.416 e. The SMILES string of the molecule is COC(=O)C(C#N)c1cccc(C(F)(F)F)c1.Cc1ccccc1. The molecule has 0 saturated carbocycles. The molecular formula is C18H16F3NO2. The van der Waals surface area contributed by atoms with Crippen LogP contribution in [0.3, 0.4) is 0 Å². The number of rotatable bonds is 2. The Morgan fingerprint density at radius 1 is 1.12 bits per heavy atom. The number of carbonyl (C=O) groups excluding carboxylic acids is 1. The lowest BCUT2D eigenvalue weighted by Gasteiger charge is -2.11. The molecule has 1 atom stereocenters. The Morgan fingerprint density at radius 3 is 2.17 bits per heavy atom. The Kier molecular flexibility index (Phi) is 6.99. The highest BCUT2D eigenvalue weighted by Crippen LogP contribution is 2.31. The molecule has 0 spiro atoms. The number of carbonyl (C=O) groups is 1. The second kappa shape index (κ2) is 8.73. The second-order valence-electron chi connectivity index (χ2n) is 4.86. The van der Waals surface area contributed by atoms with Crippen LogP contribution in [0.4, 0.5) is 13.2 Å². The fraction of sp³-hybridized carbons (Fsp3) is 0.222. The van der Waals surface area contributed by atoms with E-state index in [1.165, 1.54) is 11.6 Å². The van der Waals surface area contributed by atoms with E-state index in [0.717, 1.165) is 25.3 Å². The number of esters is 1. The van der Waals surface area contributed by atoms with Crippen molar-refractivity contribution in [1.29, 1.82) is 5.26 Å². The van der Waals surface area contributed by atoms with Crippen molar-refractivity contribution in [2.45, 2.75) is 19.0 Å². The van der Waals surface area contributed by atoms with Crippen LogP contribution < -0.4 is 0 Å². The van der Waals surface area contributed by atoms with Crippen molar-refractivity contribution in [3.05, 3.63) is 71.3 Å². The summed E-state index contributed by atoms with van der Waals surface area (Å²) in [6.07, 6.45) is -4.51. The van der Waals surface area contributed by atoms with Crippen molar-refractivity contribution >= 4 is 5.97 Å². The molecule has 2 aromatic rings. The summed E-state index contributed by atoms with van der Waals surface area (Å²) in [6, 6.07) is 15.9. The van der Waals surface area contributed by atoms with E-state index in [2.05, 4.69) is 23.8 Å². The van der Waals surface area contributed by atoms with Crippen molar-refractivity contribution in [3.63, 3.8) is 0 Å². The third-order valence-corrected chi connectivity index (χ3v) is 3.05. The first-order valence-corrected chi connectivity index (χ1v) is 6.96. The van der Waals surface area contributed by atoms with Crippen LogP contribution in [-0.2, 0) is 15.7 Å². The lowest BCUT2D eigenvalue weighted by atomic mass is 9.98. The van der Waals surface area contributed by atoms with E-state index >= 15 is 0 Å². The molecule has 0 aromatic heterocycles. The van der Waals surface area contributed by atoms with Gasteiger partial charge in [-0.1, -0.05) is 48.0 Å². The van der Waals surface area contributed by atoms with E-state index in [1.54, 1.807) is 6.07 Å². The quantitative estimate of drug-likeness (QED) is 0.760. The lowest BCUT2D eigenvalue weighted by Crippen LogP contribution is -2.14. The van der Waals surface area contributed by atoms with Crippen molar-refractivity contribution in [2.24, 2.45) is 0 Å². The molecule has 0 aliphatic carbocycles. The number of nitriles is 1. The van der Waals surface area contributed by atoms with Gasteiger partial charge in [0.25, 0.3) is 0 Å². The molecule has 3 nitrogen and oxygen atoms in total. The van der Waals surface area contributed by atoms with Gasteiger partial charge in [-0.25, -0.2) is 0 Å². The maximum absolute atomic E-state index is 12.4. The van der Waals surface area contributed by atoms with Gasteiger partial charge in [-0.15, -0.1) is 0 Å². The molecule has 126 valence electrons. The molecular weight excluding hydrogens is 319 g/mol. The van der Waals surface area contributed by atoms with Crippen LogP contribution in [0.15, 0.2) is 54.6 Å². The summed E-state index contributed by atoms with van der Waals surface area (Å²) < 4.78 is 41.6. The van der Waals surface area contributed by atoms with Gasteiger partial charge < -0.3 is 4.74 Å². The summed E-state index contributed by atoms with van der Waals surface area (Å²) in [5.74, 6) is -2.23. The molecule has 24 heavy (non-hydrogen) atoms. The summed E-state index contributed by atoms with van der Waals surface area (Å²) in [5, 5.41) is 8.74. The van der Waals surface area contributed by atoms with Gasteiger partial charge in [0.15, 0.2) is 5.92 Å². The molecule has 0 N–H and O–H groups in total. The first-order valence-electron chi connectivity index (χ1n) is 6.96. The van der Waals surface area contributed by atoms with Crippen LogP contribution in [0.5, 0.6) is 0 Å². The van der Waals surface area contributed by atoms with Crippen LogP contribution in [-0.4, -0.2) is 13.1 Å². The zero-order valence-electron chi connectivity index (χ0n) is 13.2. The Bertz CT molecular complexity index is 706. The second-order valence-corrected chi connectivity index (χ2v) is 4.86. The van der Waals surface area contributed by atoms with Gasteiger partial charge >= 0.3 is 12.1 Å². The largest absolute Gasteiger partial charge is 0.468 e. The van der Waals surface area contributed by atoms with Crippen molar-refractivity contribution in [1.82, 2.24) is 0 Å². The van der Waals surface area contributed by atoms with Gasteiger partial charge in [-0.05, 0) is 24.6 Å². The van der Waals surface area contributed by atoms with Crippen LogP contribution in [0.1, 0.15) is 22.6 Å². The molecule has 2 rings (SSSR count). The maximum atomic E-state index is 12.4. The lowest BCUT2D eigenvalue weighted by molar-refractivity contribution is -0.141. The summed E-state index contributed by atoms with van der Waals surface area (Å²) in [4.78, 5) is 11.2. The highest BCUT2D eigenvalue weighted by Gasteiger charge is 2.32. The Labute approximate surface area is 138 Å². The number of methoxy groups -OCH3 is 1. The molecule has 0 saturated heterocycles. The molecule has 0 bridgehead atoms. The van der Waals surface area contributed by atoms with Crippen molar-refractivity contribution in [3.8, 4) is 6.07 Å². The number of aryl methyl sites for hydroxylation is 1. The number of hydrogen-bond acceptors (Lipinski definition) is 3. The van der Waals surface area contributed by atoms with Crippen molar-refractivity contribution in [2.75, 3.05) is 7.11 Å². The van der Waals surface area contributed by atoms with Gasteiger partial charge in [-0.2, -0.15) is 18.4 Å². The minimum absolute atomic E-state index is 0.0332. The molecule has 0 aliphatic heterocycles. The first-order chi connectivity index (χ1) is 11.3. The normalized spacial score (nSPS) is 11.5. The highest BCUT2D eigenvalue weighted by atomic mass is 19.4. The fourth-order valence-electron chi connectivity index (χ4n) is 1.81. The molecule has 0 aliphatic rings. The third-order valence-electron chi connectivity index (χ3n) is 3.05. The van der Waals surface area contributed by atoms with Crippen LogP contribution >= 0.6 is 0 Å². The van der Waals surface area contributed by atoms with Gasteiger partial charge in [0, 0.05) is 0 Å². The van der Waals surface area contributed by atoms with Gasteiger partial charge in [0.2, 0.25) is 0 Å². The fourth-order valence-corrected chi connectivity index (χ4v) is 1.81. The summed E-state index contributed by atoms with van der Waals surface area (Å²) in [7, 11) is 1.07. The van der Waals surface area contributed by atoms with Gasteiger partial charge in [0.05, 0.1) is 18.7 Å². The minimum atomic E-state index is -4.51. The summed E-state index contributed by atoms with van der Waals surface area (Å²) >= 11 is 0. The van der Waals surface area contributed by atoms with Crippen molar-refractivity contribution < 1.29 is 22.7 Å². The van der Waals surface area contributed by atoms with Crippen LogP contribution in [0.2, 0.25) is 0 Å². The molecule has 1 unspecified atom stereocenters. The molecule has 6 heteroatoms. The van der Waals surface area contributed by atoms with E-state index in [1.807, 2.05) is 18.2 Å². The average molecular weight is 335 g/mol. The van der Waals surface area contributed by atoms with Crippen LogP contribution in [0.25, 0.3) is 0 Å². The predicted molar refractivity (Wildman–Crippen MR) is 83.0 cm³/mol. The summed E-state index contributed by atoms with van der Waals surface area (Å²) in [6.45, 7) is 2.08. The molecule has 2 aromatic carbocycles. The average Bonchev–Trinajstić information content (AvgIpc) is 2.56. The first kappa shape index (κ1) is 19.2. The number of ether oxygens (including phenoxy) is 1. The molecule has 0 radical (unpaired) electrons. The Balaban J connectivity index is 0.000000341. The maximum Gasteiger partial charge on any atom is 0.416 e. The van der Waals surface area contributed by atoms with Crippen LogP contribution in [0, 0.1) is 18.3 Å². The number of benzene rings is 2. The predicted octanol–water partition coefficient (Wildman–Crippen LogP) is 4.48. The minimum Gasteiger partial charge on any atom is -0.468 e. The number of alkyl halides is 3. The topological polar surface area (TPSA) is 50.1 Å².